The summed E-state index contributed by atoms with van der Waals surface area (Å²) in [6.07, 6.45) is 0.338. The smallest absolute Gasteiger partial charge is 0.317 e. The average Bonchev–Trinajstić information content (AvgIpc) is 2.85. The van der Waals surface area contributed by atoms with E-state index >= 15 is 0 Å². The molecule has 0 aromatic heterocycles. The summed E-state index contributed by atoms with van der Waals surface area (Å²) >= 11 is 0. The molecule has 2 rings (SSSR count). The summed E-state index contributed by atoms with van der Waals surface area (Å²) in [5.41, 5.74) is 1.13. The lowest BCUT2D eigenvalue weighted by atomic mass is 10.0. The Morgan fingerprint density at radius 2 is 2.23 bits per heavy atom. The normalized spacial score (nSPS) is 17.7. The molecule has 0 saturated carbocycles. The van der Waals surface area contributed by atoms with E-state index in [4.69, 9.17) is 4.84 Å². The average molecular weight is 307 g/mol. The first-order valence-electron chi connectivity index (χ1n) is 7.26. The van der Waals surface area contributed by atoms with Crippen LogP contribution in [0.4, 0.5) is 9.18 Å². The zero-order valence-corrected chi connectivity index (χ0v) is 13.4. The van der Waals surface area contributed by atoms with Crippen molar-refractivity contribution in [2.45, 2.75) is 38.8 Å². The number of rotatable bonds is 3. The molecule has 1 aliphatic rings. The quantitative estimate of drug-likeness (QED) is 0.933. The number of amides is 2. The minimum absolute atomic E-state index is 0.157. The van der Waals surface area contributed by atoms with Crippen LogP contribution in [0.2, 0.25) is 0 Å². The molecule has 0 spiro atoms. The van der Waals surface area contributed by atoms with E-state index in [-0.39, 0.29) is 23.5 Å². The largest absolute Gasteiger partial charge is 0.390 e. The number of benzene rings is 1. The van der Waals surface area contributed by atoms with Crippen molar-refractivity contribution in [3.8, 4) is 0 Å². The molecular formula is C16H22FN3O2. The van der Waals surface area contributed by atoms with Gasteiger partial charge in [0.1, 0.15) is 5.82 Å². The Kier molecular flexibility index (Phi) is 4.68. The topological polar surface area (TPSA) is 53.9 Å². The molecule has 1 aliphatic heterocycles. The molecule has 120 valence electrons. The Balaban J connectivity index is 1.89. The minimum atomic E-state index is -0.301. The predicted octanol–water partition coefficient (Wildman–Crippen LogP) is 2.76. The Morgan fingerprint density at radius 3 is 2.86 bits per heavy atom. The van der Waals surface area contributed by atoms with Crippen LogP contribution in [0.25, 0.3) is 0 Å². The molecule has 1 unspecified atom stereocenters. The summed E-state index contributed by atoms with van der Waals surface area (Å²) in [5.74, 6) is -0.301. The van der Waals surface area contributed by atoms with E-state index in [0.717, 1.165) is 0 Å². The van der Waals surface area contributed by atoms with Gasteiger partial charge in [0.2, 0.25) is 0 Å². The number of hydrogen-bond acceptors (Lipinski definition) is 3. The lowest BCUT2D eigenvalue weighted by Gasteiger charge is -2.26. The molecule has 1 heterocycles. The summed E-state index contributed by atoms with van der Waals surface area (Å²) in [5, 5.41) is 6.89. The number of likely N-dealkylation sites (N-methyl/N-ethyl adjacent to an activating group) is 1. The molecule has 0 aliphatic carbocycles. The second-order valence-corrected chi connectivity index (χ2v) is 6.54. The van der Waals surface area contributed by atoms with Crippen molar-refractivity contribution in [2.24, 2.45) is 5.16 Å². The number of halogens is 1. The first-order chi connectivity index (χ1) is 10.2. The number of hydrogen-bond donors (Lipinski definition) is 1. The van der Waals surface area contributed by atoms with Crippen LogP contribution in [-0.4, -0.2) is 41.9 Å². The molecule has 1 N–H and O–H groups in total. The van der Waals surface area contributed by atoms with Crippen LogP contribution in [0, 0.1) is 5.82 Å². The molecule has 1 aromatic carbocycles. The van der Waals surface area contributed by atoms with Crippen LogP contribution >= 0.6 is 0 Å². The van der Waals surface area contributed by atoms with Gasteiger partial charge in [0, 0.05) is 24.6 Å². The fourth-order valence-corrected chi connectivity index (χ4v) is 2.17. The Morgan fingerprint density at radius 1 is 1.50 bits per heavy atom. The number of oxime groups is 1. The van der Waals surface area contributed by atoms with E-state index in [0.29, 0.717) is 24.2 Å². The van der Waals surface area contributed by atoms with Crippen molar-refractivity contribution in [2.75, 3.05) is 13.6 Å². The Bertz CT molecular complexity index is 581. The maximum Gasteiger partial charge on any atom is 0.317 e. The van der Waals surface area contributed by atoms with Gasteiger partial charge in [0.05, 0.1) is 12.3 Å². The van der Waals surface area contributed by atoms with E-state index in [1.807, 2.05) is 20.8 Å². The van der Waals surface area contributed by atoms with Gasteiger partial charge < -0.3 is 15.1 Å². The van der Waals surface area contributed by atoms with Crippen LogP contribution in [0.3, 0.4) is 0 Å². The molecule has 2 amide bonds. The maximum absolute atomic E-state index is 13.2. The predicted molar refractivity (Wildman–Crippen MR) is 83.3 cm³/mol. The van der Waals surface area contributed by atoms with Gasteiger partial charge >= 0.3 is 6.03 Å². The van der Waals surface area contributed by atoms with E-state index in [2.05, 4.69) is 10.5 Å². The third-order valence-electron chi connectivity index (χ3n) is 3.20. The van der Waals surface area contributed by atoms with Crippen molar-refractivity contribution in [3.63, 3.8) is 0 Å². The zero-order chi connectivity index (χ0) is 16.3. The summed E-state index contributed by atoms with van der Waals surface area (Å²) in [6, 6.07) is 6.10. The van der Waals surface area contributed by atoms with Gasteiger partial charge in [-0.25, -0.2) is 9.18 Å². The fraction of sp³-hybridized carbons (Fsp3) is 0.500. The van der Waals surface area contributed by atoms with Gasteiger partial charge in [0.15, 0.2) is 6.10 Å². The van der Waals surface area contributed by atoms with E-state index in [9.17, 15) is 9.18 Å². The van der Waals surface area contributed by atoms with Crippen molar-refractivity contribution in [1.29, 1.82) is 0 Å². The van der Waals surface area contributed by atoms with Gasteiger partial charge in [-0.05, 0) is 32.9 Å². The summed E-state index contributed by atoms with van der Waals surface area (Å²) in [4.78, 5) is 18.9. The lowest BCUT2D eigenvalue weighted by molar-refractivity contribution is 0.0649. The van der Waals surface area contributed by atoms with E-state index in [1.165, 1.54) is 12.1 Å². The van der Waals surface area contributed by atoms with Crippen molar-refractivity contribution in [3.05, 3.63) is 35.6 Å². The van der Waals surface area contributed by atoms with Crippen molar-refractivity contribution in [1.82, 2.24) is 10.2 Å². The summed E-state index contributed by atoms with van der Waals surface area (Å²) in [7, 11) is 1.71. The molecule has 22 heavy (non-hydrogen) atoms. The number of urea groups is 1. The molecular weight excluding hydrogens is 285 g/mol. The first kappa shape index (κ1) is 16.3. The standard InChI is InChI=1S/C16H22FN3O2/c1-16(2,3)18-15(21)20(4)10-13-9-14(19-22-13)11-6-5-7-12(17)8-11/h5-8,13H,9-10H2,1-4H3,(H,18,21). The highest BCUT2D eigenvalue weighted by atomic mass is 19.1. The second kappa shape index (κ2) is 6.34. The number of nitrogens with one attached hydrogen (secondary N) is 1. The highest BCUT2D eigenvalue weighted by molar-refractivity contribution is 6.01. The van der Waals surface area contributed by atoms with Crippen LogP contribution in [0.1, 0.15) is 32.8 Å². The minimum Gasteiger partial charge on any atom is -0.390 e. The molecule has 0 radical (unpaired) electrons. The second-order valence-electron chi connectivity index (χ2n) is 6.54. The SMILES string of the molecule is CN(CC1CC(c2cccc(F)c2)=NO1)C(=O)NC(C)(C)C. The number of nitrogens with zero attached hydrogens (tertiary/aromatic N) is 2. The first-order valence-corrected chi connectivity index (χ1v) is 7.26. The van der Waals surface area contributed by atoms with Gasteiger partial charge in [0.25, 0.3) is 0 Å². The molecule has 6 heteroatoms. The monoisotopic (exact) mass is 307 g/mol. The van der Waals surface area contributed by atoms with Crippen LogP contribution in [-0.2, 0) is 4.84 Å². The zero-order valence-electron chi connectivity index (χ0n) is 13.4. The Labute approximate surface area is 130 Å². The Hall–Kier alpha value is -2.11. The van der Waals surface area contributed by atoms with Gasteiger partial charge in [-0.1, -0.05) is 17.3 Å². The van der Waals surface area contributed by atoms with Crippen LogP contribution in [0.5, 0.6) is 0 Å². The number of carbonyl (C=O) groups excluding carboxylic acids is 1. The van der Waals surface area contributed by atoms with Crippen molar-refractivity contribution >= 4 is 11.7 Å². The highest BCUT2D eigenvalue weighted by Gasteiger charge is 2.26. The number of carbonyl (C=O) groups is 1. The summed E-state index contributed by atoms with van der Waals surface area (Å²) in [6.45, 7) is 6.20. The van der Waals surface area contributed by atoms with Crippen LogP contribution in [0.15, 0.2) is 29.4 Å². The molecule has 1 aromatic rings. The molecule has 5 nitrogen and oxygen atoms in total. The third-order valence-corrected chi connectivity index (χ3v) is 3.20. The van der Waals surface area contributed by atoms with E-state index in [1.54, 1.807) is 24.1 Å². The van der Waals surface area contributed by atoms with E-state index < -0.39 is 0 Å². The summed E-state index contributed by atoms with van der Waals surface area (Å²) < 4.78 is 13.2. The molecule has 0 fully saturated rings. The lowest BCUT2D eigenvalue weighted by Crippen LogP contribution is -2.48. The maximum atomic E-state index is 13.2. The molecule has 0 saturated heterocycles. The fourth-order valence-electron chi connectivity index (χ4n) is 2.17. The van der Waals surface area contributed by atoms with Crippen molar-refractivity contribution < 1.29 is 14.0 Å². The van der Waals surface area contributed by atoms with Gasteiger partial charge in [-0.2, -0.15) is 0 Å². The third kappa shape index (κ3) is 4.44. The van der Waals surface area contributed by atoms with Crippen LogP contribution < -0.4 is 5.32 Å². The van der Waals surface area contributed by atoms with Gasteiger partial charge in [-0.3, -0.25) is 0 Å². The molecule has 0 bridgehead atoms. The van der Waals surface area contributed by atoms with Gasteiger partial charge in [-0.15, -0.1) is 0 Å². The molecule has 1 atom stereocenters. The highest BCUT2D eigenvalue weighted by Crippen LogP contribution is 2.18.